The molecular formula is C30H30N4O5S. The van der Waals surface area contributed by atoms with Crippen molar-refractivity contribution in [3.63, 3.8) is 0 Å². The number of aromatic nitrogens is 2. The van der Waals surface area contributed by atoms with Crippen molar-refractivity contribution in [1.29, 1.82) is 0 Å². The summed E-state index contributed by atoms with van der Waals surface area (Å²) in [5.41, 5.74) is 4.15. The lowest BCUT2D eigenvalue weighted by molar-refractivity contribution is -0.137. The second-order valence-electron chi connectivity index (χ2n) is 9.80. The minimum absolute atomic E-state index is 0.102. The number of ether oxygens (including phenoxy) is 2. The van der Waals surface area contributed by atoms with Gasteiger partial charge in [0.05, 0.1) is 19.0 Å². The molecule has 0 saturated heterocycles. The number of methoxy groups -OCH3 is 1. The first-order valence-corrected chi connectivity index (χ1v) is 13.8. The van der Waals surface area contributed by atoms with Gasteiger partial charge in [-0.1, -0.05) is 24.3 Å². The molecule has 2 aromatic heterocycles. The fraction of sp³-hybridized carbons (Fsp3) is 0.267. The van der Waals surface area contributed by atoms with Gasteiger partial charge in [0.15, 0.2) is 16.6 Å². The van der Waals surface area contributed by atoms with E-state index in [1.165, 1.54) is 11.3 Å². The van der Waals surface area contributed by atoms with Gasteiger partial charge in [0.2, 0.25) is 5.91 Å². The molecule has 3 heterocycles. The number of carboxylic acids is 1. The first kappa shape index (κ1) is 27.3. The molecule has 1 unspecified atom stereocenters. The quantitative estimate of drug-likeness (QED) is 0.236. The van der Waals surface area contributed by atoms with Crippen molar-refractivity contribution in [2.24, 2.45) is 0 Å². The maximum atomic E-state index is 12.8. The van der Waals surface area contributed by atoms with Crippen LogP contribution in [0.5, 0.6) is 17.2 Å². The van der Waals surface area contributed by atoms with Gasteiger partial charge in [0.1, 0.15) is 5.75 Å². The van der Waals surface area contributed by atoms with Crippen molar-refractivity contribution in [3.8, 4) is 28.5 Å². The van der Waals surface area contributed by atoms with Gasteiger partial charge in [-0.2, -0.15) is 0 Å². The summed E-state index contributed by atoms with van der Waals surface area (Å²) in [6.45, 7) is 2.76. The van der Waals surface area contributed by atoms with Crippen LogP contribution in [0.25, 0.3) is 11.3 Å². The van der Waals surface area contributed by atoms with E-state index in [1.54, 1.807) is 19.5 Å². The molecule has 5 rings (SSSR count). The van der Waals surface area contributed by atoms with Gasteiger partial charge in [-0.3, -0.25) is 14.6 Å². The molecule has 10 heteroatoms. The van der Waals surface area contributed by atoms with E-state index in [1.807, 2.05) is 60.8 Å². The first-order chi connectivity index (χ1) is 19.3. The lowest BCUT2D eigenvalue weighted by Gasteiger charge is -2.37. The van der Waals surface area contributed by atoms with E-state index < -0.39 is 11.5 Å². The largest absolute Gasteiger partial charge is 0.493 e. The van der Waals surface area contributed by atoms with Gasteiger partial charge in [0, 0.05) is 42.1 Å². The lowest BCUT2D eigenvalue weighted by Crippen LogP contribution is -2.47. The Bertz CT molecular complexity index is 1490. The Morgan fingerprint density at radius 2 is 1.95 bits per heavy atom. The maximum absolute atomic E-state index is 12.8. The Labute approximate surface area is 236 Å². The van der Waals surface area contributed by atoms with Crippen LogP contribution < -0.4 is 20.1 Å². The van der Waals surface area contributed by atoms with Crippen LogP contribution in [-0.2, 0) is 28.0 Å². The first-order valence-electron chi connectivity index (χ1n) is 12.9. The molecule has 206 valence electrons. The molecule has 0 radical (unpaired) electrons. The fourth-order valence-electron chi connectivity index (χ4n) is 4.89. The second kappa shape index (κ2) is 11.8. The van der Waals surface area contributed by atoms with Gasteiger partial charge in [0.25, 0.3) is 0 Å². The number of amides is 1. The number of thiazole rings is 1. The molecule has 40 heavy (non-hydrogen) atoms. The highest BCUT2D eigenvalue weighted by atomic mass is 32.1. The smallest absolute Gasteiger partial charge is 0.303 e. The van der Waals surface area contributed by atoms with E-state index in [2.05, 4.69) is 20.6 Å². The monoisotopic (exact) mass is 558 g/mol. The van der Waals surface area contributed by atoms with Crippen molar-refractivity contribution in [2.45, 2.75) is 38.1 Å². The SMILES string of the molecule is COc1cc2c(cc1Oc1ccc(-c3ccc(CCC(=O)O)cc3)nc1)C(C)(CC(=O)Nc1nccs1)NCC2. The fourth-order valence-corrected chi connectivity index (χ4v) is 5.43. The van der Waals surface area contributed by atoms with Crippen LogP contribution in [0.1, 0.15) is 36.5 Å². The highest BCUT2D eigenvalue weighted by Gasteiger charge is 2.35. The highest BCUT2D eigenvalue weighted by molar-refractivity contribution is 7.13. The Hall–Kier alpha value is -4.28. The Balaban J connectivity index is 1.33. The van der Waals surface area contributed by atoms with E-state index in [4.69, 9.17) is 14.6 Å². The number of benzene rings is 2. The zero-order chi connectivity index (χ0) is 28.1. The maximum Gasteiger partial charge on any atom is 0.303 e. The number of rotatable bonds is 10. The van der Waals surface area contributed by atoms with Crippen LogP contribution in [0.2, 0.25) is 0 Å². The van der Waals surface area contributed by atoms with Crippen molar-refractivity contribution >= 4 is 28.3 Å². The lowest BCUT2D eigenvalue weighted by atomic mass is 9.81. The van der Waals surface area contributed by atoms with E-state index in [9.17, 15) is 9.59 Å². The Morgan fingerprint density at radius 1 is 1.12 bits per heavy atom. The number of hydrogen-bond donors (Lipinski definition) is 3. The van der Waals surface area contributed by atoms with Crippen LogP contribution >= 0.6 is 11.3 Å². The van der Waals surface area contributed by atoms with Gasteiger partial charge < -0.3 is 25.2 Å². The van der Waals surface area contributed by atoms with Crippen molar-refractivity contribution in [2.75, 3.05) is 19.0 Å². The highest BCUT2D eigenvalue weighted by Crippen LogP contribution is 2.41. The summed E-state index contributed by atoms with van der Waals surface area (Å²) < 4.78 is 11.9. The molecule has 1 amide bonds. The summed E-state index contributed by atoms with van der Waals surface area (Å²) in [5.74, 6) is 0.762. The average molecular weight is 559 g/mol. The van der Waals surface area contributed by atoms with Crippen molar-refractivity contribution in [1.82, 2.24) is 15.3 Å². The standard InChI is InChI=1S/C30H30N4O5S/c1-30(17-27(35)34-29-31-13-14-40-29)23-16-26(25(38-2)15-21(23)11-12-33-30)39-22-8-9-24(32-18-22)20-6-3-19(4-7-20)5-10-28(36)37/h3-4,6-9,13-16,18,33H,5,10-12,17H2,1-2H3,(H,36,37)(H,31,34,35). The van der Waals surface area contributed by atoms with E-state index >= 15 is 0 Å². The molecule has 0 aliphatic carbocycles. The van der Waals surface area contributed by atoms with Gasteiger partial charge in [-0.25, -0.2) is 4.98 Å². The van der Waals surface area contributed by atoms with Crippen LogP contribution in [0.3, 0.4) is 0 Å². The number of aryl methyl sites for hydroxylation is 1. The summed E-state index contributed by atoms with van der Waals surface area (Å²) in [4.78, 5) is 32.4. The minimum Gasteiger partial charge on any atom is -0.493 e. The molecule has 1 aliphatic rings. The molecule has 4 aromatic rings. The number of anilines is 1. The van der Waals surface area contributed by atoms with Crippen LogP contribution in [0.4, 0.5) is 5.13 Å². The molecule has 0 saturated carbocycles. The number of nitrogens with zero attached hydrogens (tertiary/aromatic N) is 2. The van der Waals surface area contributed by atoms with Gasteiger partial charge in [-0.05, 0) is 60.7 Å². The third-order valence-electron chi connectivity index (χ3n) is 6.93. The zero-order valence-electron chi connectivity index (χ0n) is 22.3. The molecular weight excluding hydrogens is 528 g/mol. The predicted octanol–water partition coefficient (Wildman–Crippen LogP) is 5.41. The molecule has 0 fully saturated rings. The van der Waals surface area contributed by atoms with Crippen LogP contribution in [0.15, 0.2) is 66.3 Å². The number of carbonyl (C=O) groups is 2. The third-order valence-corrected chi connectivity index (χ3v) is 7.62. The topological polar surface area (TPSA) is 123 Å². The summed E-state index contributed by atoms with van der Waals surface area (Å²) in [7, 11) is 1.61. The average Bonchev–Trinajstić information content (AvgIpc) is 3.45. The van der Waals surface area contributed by atoms with Crippen molar-refractivity contribution < 1.29 is 24.2 Å². The van der Waals surface area contributed by atoms with E-state index in [0.29, 0.717) is 28.8 Å². The van der Waals surface area contributed by atoms with E-state index in [-0.39, 0.29) is 18.7 Å². The van der Waals surface area contributed by atoms with Crippen molar-refractivity contribution in [3.05, 3.63) is 83.0 Å². The Kier molecular flexibility index (Phi) is 8.09. The summed E-state index contributed by atoms with van der Waals surface area (Å²) in [5, 5.41) is 17.7. The van der Waals surface area contributed by atoms with Gasteiger partial charge in [-0.15, -0.1) is 11.3 Å². The molecule has 2 aromatic carbocycles. The second-order valence-corrected chi connectivity index (χ2v) is 10.7. The van der Waals surface area contributed by atoms with Crippen LogP contribution in [-0.4, -0.2) is 40.6 Å². The molecule has 0 spiro atoms. The molecule has 1 atom stereocenters. The number of hydrogen-bond acceptors (Lipinski definition) is 8. The molecule has 1 aliphatic heterocycles. The number of carbonyl (C=O) groups excluding carboxylic acids is 1. The molecule has 3 N–H and O–H groups in total. The predicted molar refractivity (Wildman–Crippen MR) is 153 cm³/mol. The molecule has 0 bridgehead atoms. The number of carboxylic acid groups (broad SMARTS) is 1. The number of pyridine rings is 1. The number of nitrogens with one attached hydrogen (secondary N) is 2. The summed E-state index contributed by atoms with van der Waals surface area (Å²) in [6, 6.07) is 15.4. The minimum atomic E-state index is -0.810. The van der Waals surface area contributed by atoms with E-state index in [0.717, 1.165) is 40.9 Å². The molecule has 9 nitrogen and oxygen atoms in total. The number of aliphatic carboxylic acids is 1. The zero-order valence-corrected chi connectivity index (χ0v) is 23.1. The van der Waals surface area contributed by atoms with Crippen LogP contribution in [0, 0.1) is 0 Å². The summed E-state index contributed by atoms with van der Waals surface area (Å²) in [6.07, 6.45) is 4.95. The Morgan fingerprint density at radius 3 is 2.62 bits per heavy atom. The summed E-state index contributed by atoms with van der Waals surface area (Å²) >= 11 is 1.38. The van der Waals surface area contributed by atoms with Gasteiger partial charge >= 0.3 is 5.97 Å². The third kappa shape index (κ3) is 6.30. The normalized spacial score (nSPS) is 16.1. The number of fused-ring (bicyclic) bond motifs is 1.